The number of ether oxygens (including phenoxy) is 4. The summed E-state index contributed by atoms with van der Waals surface area (Å²) in [6, 6.07) is 16.2. The monoisotopic (exact) mass is 984 g/mol. The molecule has 1 aliphatic heterocycles. The fourth-order valence-electron chi connectivity index (χ4n) is 7.70. The molecule has 0 saturated carbocycles. The van der Waals surface area contributed by atoms with Crippen molar-refractivity contribution in [2.24, 2.45) is 0 Å². The molecule has 0 spiro atoms. The quantitative estimate of drug-likeness (QED) is 0.0547. The Bertz CT molecular complexity index is 2970. The number of hydrogen-bond acceptors (Lipinski definition) is 14. The number of aryl methyl sites for hydroxylation is 4. The van der Waals surface area contributed by atoms with Crippen LogP contribution in [0.25, 0.3) is 44.0 Å². The number of nitrogens with zero attached hydrogens (tertiary/aromatic N) is 8. The van der Waals surface area contributed by atoms with Crippen LogP contribution in [0.2, 0.25) is 0 Å². The number of alkyl halides is 6. The molecule has 4 aromatic heterocycles. The first-order valence-electron chi connectivity index (χ1n) is 22.4. The maximum absolute atomic E-state index is 13.2. The zero-order valence-corrected chi connectivity index (χ0v) is 38.0. The van der Waals surface area contributed by atoms with Gasteiger partial charge in [0.05, 0.1) is 54.3 Å². The van der Waals surface area contributed by atoms with Crippen molar-refractivity contribution in [3.8, 4) is 11.5 Å². The number of aliphatic hydroxyl groups is 1. The van der Waals surface area contributed by atoms with Gasteiger partial charge in [-0.1, -0.05) is 60.9 Å². The van der Waals surface area contributed by atoms with Gasteiger partial charge in [-0.05, 0) is 85.8 Å². The van der Waals surface area contributed by atoms with Gasteiger partial charge in [0.15, 0.2) is 22.6 Å². The number of rotatable bonds is 16. The lowest BCUT2D eigenvalue weighted by atomic mass is 10.0. The summed E-state index contributed by atoms with van der Waals surface area (Å²) in [5, 5.41) is 32.0. The third-order valence-corrected chi connectivity index (χ3v) is 11.0. The van der Waals surface area contributed by atoms with Crippen LogP contribution < -0.4 is 9.47 Å². The number of hydrogen-bond donors (Lipinski definition) is 1. The topological polar surface area (TPSA) is 188 Å². The van der Waals surface area contributed by atoms with E-state index < -0.39 is 29.7 Å². The van der Waals surface area contributed by atoms with Gasteiger partial charge in [-0.25, -0.2) is 14.2 Å². The van der Waals surface area contributed by atoms with Crippen LogP contribution in [-0.4, -0.2) is 84.9 Å². The lowest BCUT2D eigenvalue weighted by Gasteiger charge is -2.12. The second-order valence-electron chi connectivity index (χ2n) is 15.9. The Morgan fingerprint density at radius 2 is 1.19 bits per heavy atom. The normalized spacial score (nSPS) is 12.7. The largest absolute Gasteiger partial charge is 0.493 e. The highest BCUT2D eigenvalue weighted by molar-refractivity contribution is 5.93. The van der Waals surface area contributed by atoms with Crippen LogP contribution in [-0.2, 0) is 54.4 Å². The Balaban J connectivity index is 0.000000206. The first kappa shape index (κ1) is 52.6. The molecule has 22 heteroatoms. The van der Waals surface area contributed by atoms with Crippen molar-refractivity contribution < 1.29 is 64.2 Å². The highest BCUT2D eigenvalue weighted by Crippen LogP contribution is 2.40. The minimum absolute atomic E-state index is 0. The molecule has 0 bridgehead atoms. The molecule has 0 aliphatic carbocycles. The Morgan fingerprint density at radius 1 is 0.700 bits per heavy atom. The van der Waals surface area contributed by atoms with Gasteiger partial charge in [-0.2, -0.15) is 26.3 Å². The van der Waals surface area contributed by atoms with Crippen molar-refractivity contribution >= 4 is 50.0 Å². The third kappa shape index (κ3) is 12.3. The van der Waals surface area contributed by atoms with E-state index in [1.807, 2.05) is 26.0 Å². The van der Waals surface area contributed by atoms with Gasteiger partial charge < -0.3 is 33.1 Å². The van der Waals surface area contributed by atoms with E-state index in [1.165, 1.54) is 38.2 Å². The second kappa shape index (κ2) is 23.7. The van der Waals surface area contributed by atoms with Gasteiger partial charge >= 0.3 is 18.3 Å². The average molecular weight is 985 g/mol. The Morgan fingerprint density at radius 3 is 1.61 bits per heavy atom. The molecule has 1 fully saturated rings. The van der Waals surface area contributed by atoms with Gasteiger partial charge in [0.1, 0.15) is 22.5 Å². The number of halogens is 6. The van der Waals surface area contributed by atoms with E-state index in [0.717, 1.165) is 36.2 Å². The number of aromatic nitrogens is 8. The van der Waals surface area contributed by atoms with Crippen molar-refractivity contribution in [2.45, 2.75) is 105 Å². The molecule has 1 N–H and O–H groups in total. The number of benzene rings is 4. The first-order chi connectivity index (χ1) is 33.2. The lowest BCUT2D eigenvalue weighted by molar-refractivity contribution is -0.142. The molecule has 8 aromatic rings. The summed E-state index contributed by atoms with van der Waals surface area (Å²) in [5.41, 5.74) is 3.37. The van der Waals surface area contributed by atoms with Crippen LogP contribution in [0.4, 0.5) is 26.3 Å². The summed E-state index contributed by atoms with van der Waals surface area (Å²) in [7, 11) is 1.31. The lowest BCUT2D eigenvalue weighted by Crippen LogP contribution is -2.08. The molecule has 0 amide bonds. The minimum Gasteiger partial charge on any atom is -0.493 e. The number of methoxy groups -OCH3 is 1. The van der Waals surface area contributed by atoms with Gasteiger partial charge in [0.2, 0.25) is 0 Å². The van der Waals surface area contributed by atoms with E-state index in [0.29, 0.717) is 97.6 Å². The van der Waals surface area contributed by atoms with Crippen molar-refractivity contribution in [1.82, 2.24) is 40.3 Å². The van der Waals surface area contributed by atoms with Crippen LogP contribution in [0.15, 0.2) is 69.7 Å². The molecule has 0 atom stereocenters. The Labute approximate surface area is 397 Å². The summed E-state index contributed by atoms with van der Waals surface area (Å²) in [6.07, 6.45) is -2.98. The number of carbonyl (C=O) groups is 1. The van der Waals surface area contributed by atoms with Crippen LogP contribution >= 0.6 is 0 Å². The summed E-state index contributed by atoms with van der Waals surface area (Å²) in [4.78, 5) is 11.7. The van der Waals surface area contributed by atoms with Crippen molar-refractivity contribution in [3.05, 3.63) is 94.3 Å². The maximum atomic E-state index is 13.2. The second-order valence-corrected chi connectivity index (χ2v) is 15.9. The molecule has 5 heterocycles. The molecule has 0 radical (unpaired) electrons. The minimum atomic E-state index is -4.59. The zero-order chi connectivity index (χ0) is 49.1. The molecular weight excluding hydrogens is 931 g/mol. The van der Waals surface area contributed by atoms with Gasteiger partial charge in [-0.15, -0.1) is 10.2 Å². The number of aliphatic hydroxyl groups excluding tert-OH is 1. The average Bonchev–Trinajstić information content (AvgIpc) is 4.20. The third-order valence-electron chi connectivity index (χ3n) is 11.0. The summed E-state index contributed by atoms with van der Waals surface area (Å²) in [6.45, 7) is 7.51. The van der Waals surface area contributed by atoms with Crippen LogP contribution in [0.1, 0.15) is 98.2 Å². The molecule has 9 rings (SSSR count). The molecule has 16 nitrogen and oxygen atoms in total. The smallest absolute Gasteiger partial charge is 0.437 e. The fraction of sp³-hybridized carbons (Fsp3) is 0.438. The van der Waals surface area contributed by atoms with E-state index in [1.54, 1.807) is 39.7 Å². The molecule has 376 valence electrons. The highest BCUT2D eigenvalue weighted by atomic mass is 19.4. The molecule has 4 aromatic carbocycles. The van der Waals surface area contributed by atoms with Crippen LogP contribution in [0.5, 0.6) is 11.5 Å². The zero-order valence-electron chi connectivity index (χ0n) is 38.0. The van der Waals surface area contributed by atoms with Crippen LogP contribution in [0.3, 0.4) is 0 Å². The summed E-state index contributed by atoms with van der Waals surface area (Å²) < 4.78 is 114. The predicted octanol–water partition coefficient (Wildman–Crippen LogP) is 10.7. The number of fused-ring (bicyclic) bond motifs is 4. The molecule has 0 unspecified atom stereocenters. The van der Waals surface area contributed by atoms with Crippen molar-refractivity contribution in [3.63, 3.8) is 0 Å². The van der Waals surface area contributed by atoms with Crippen molar-refractivity contribution in [1.29, 1.82) is 0 Å². The summed E-state index contributed by atoms with van der Waals surface area (Å²) in [5.74, 6) is 0.518. The van der Waals surface area contributed by atoms with E-state index in [2.05, 4.69) is 30.9 Å². The van der Waals surface area contributed by atoms with Gasteiger partial charge in [-0.3, -0.25) is 0 Å². The van der Waals surface area contributed by atoms with E-state index in [4.69, 9.17) is 28.0 Å². The standard InChI is InChI=1S/C22H21F3N4O4.C21H21F3N4O3.C4H8O.CH4/c1-3-5-14-18(9-7-15-19(14)33-27-20(15)22(23,24)25)32-11-4-10-29-17-8-6-13(21(30)31-2)12-16(17)26-28-29;1-2-4-14-18(8-6-15-19(14)31-26-20(15)21(22,23)24)30-10-3-9-28-17-7-5-13(12-29)11-16(17)25-27-28;1-2-4-5-3-1;/h6-9,12H,3-5,10-11H2,1-2H3;5-8,11,29H,2-4,9-10,12H2,1H3;1-4H2;1H4. The fourth-order valence-corrected chi connectivity index (χ4v) is 7.70. The van der Waals surface area contributed by atoms with E-state index in [-0.39, 0.29) is 36.0 Å². The van der Waals surface area contributed by atoms with Crippen molar-refractivity contribution in [2.75, 3.05) is 33.5 Å². The Hall–Kier alpha value is -6.81. The Kier molecular flexibility index (Phi) is 17.8. The maximum Gasteiger partial charge on any atom is 0.437 e. The van der Waals surface area contributed by atoms with E-state index in [9.17, 15) is 36.2 Å². The van der Waals surface area contributed by atoms with Gasteiger partial charge in [0, 0.05) is 50.3 Å². The number of carbonyl (C=O) groups excluding carboxylic acids is 1. The molecule has 1 aliphatic rings. The summed E-state index contributed by atoms with van der Waals surface area (Å²) >= 11 is 0. The number of esters is 1. The molecule has 70 heavy (non-hydrogen) atoms. The van der Waals surface area contributed by atoms with E-state index >= 15 is 0 Å². The SMILES string of the molecule is C.C1CCOC1.CCCc1c(OCCCn2nnc3cc(C(=O)OC)ccc32)ccc2c(C(F)(F)F)noc12.CCCc1c(OCCCn2nnc3cc(CO)ccc32)ccc2c(C(F)(F)F)noc12. The molecule has 1 saturated heterocycles. The van der Waals surface area contributed by atoms with Gasteiger partial charge in [0.25, 0.3) is 0 Å². The first-order valence-corrected chi connectivity index (χ1v) is 22.4. The highest BCUT2D eigenvalue weighted by Gasteiger charge is 2.39. The van der Waals surface area contributed by atoms with Crippen LogP contribution in [0, 0.1) is 0 Å². The molecular formula is C48H54F6N8O8. The predicted molar refractivity (Wildman–Crippen MR) is 245 cm³/mol.